The molecule has 7 atom stereocenters. The third-order valence-electron chi connectivity index (χ3n) is 9.71. The van der Waals surface area contributed by atoms with Gasteiger partial charge < -0.3 is 34.4 Å². The van der Waals surface area contributed by atoms with Crippen molar-refractivity contribution in [2.75, 3.05) is 31.8 Å². The number of aliphatic hydroxyl groups excluding tert-OH is 1. The highest BCUT2D eigenvalue weighted by Gasteiger charge is 2.74. The summed E-state index contributed by atoms with van der Waals surface area (Å²) in [6.45, 7) is 3.44. The lowest BCUT2D eigenvalue weighted by Gasteiger charge is -2.40. The van der Waals surface area contributed by atoms with Crippen LogP contribution in [0.2, 0.25) is 0 Å². The van der Waals surface area contributed by atoms with Gasteiger partial charge in [-0.15, -0.1) is 0 Å². The third kappa shape index (κ3) is 5.82. The average Bonchev–Trinajstić information content (AvgIpc) is 3.72. The van der Waals surface area contributed by atoms with Gasteiger partial charge in [-0.3, -0.25) is 19.2 Å². The van der Waals surface area contributed by atoms with Crippen molar-refractivity contribution in [3.05, 3.63) is 84.5 Å². The minimum atomic E-state index is -1.43. The van der Waals surface area contributed by atoms with Gasteiger partial charge in [0.15, 0.2) is 0 Å². The maximum atomic E-state index is 14.9. The maximum Gasteiger partial charge on any atom is 0.306 e. The predicted octanol–water partition coefficient (Wildman–Crippen LogP) is 2.95. The molecule has 5 bridgehead atoms. The lowest BCUT2D eigenvalue weighted by Crippen LogP contribution is -2.59. The van der Waals surface area contributed by atoms with Crippen molar-refractivity contribution < 1.29 is 38.5 Å². The number of aliphatic hydroxyl groups is 1. The fourth-order valence-electron chi connectivity index (χ4n) is 7.32. The molecule has 2 fully saturated rings. The van der Waals surface area contributed by atoms with E-state index >= 15 is 0 Å². The average molecular weight is 644 g/mol. The normalized spacial score (nSPS) is 30.7. The third-order valence-corrected chi connectivity index (χ3v) is 9.71. The van der Waals surface area contributed by atoms with Gasteiger partial charge in [-0.1, -0.05) is 68.5 Å². The van der Waals surface area contributed by atoms with Crippen LogP contribution < -0.4 is 15.0 Å². The number of allylic oxidation sites excluding steroid dienone is 1. The lowest BCUT2D eigenvalue weighted by atomic mass is 9.74. The molecule has 4 heterocycles. The highest BCUT2D eigenvalue weighted by Crippen LogP contribution is 2.56. The molecule has 0 aromatic heterocycles. The van der Waals surface area contributed by atoms with Crippen LogP contribution in [0.25, 0.3) is 0 Å². The van der Waals surface area contributed by atoms with E-state index < -0.39 is 65.4 Å². The first-order valence-corrected chi connectivity index (χ1v) is 16.1. The molecule has 4 aliphatic heterocycles. The van der Waals surface area contributed by atoms with Gasteiger partial charge in [0.05, 0.1) is 43.7 Å². The number of rotatable bonds is 6. The Bertz CT molecular complexity index is 1560. The smallest absolute Gasteiger partial charge is 0.306 e. The first-order chi connectivity index (χ1) is 22.7. The van der Waals surface area contributed by atoms with E-state index in [4.69, 9.17) is 14.2 Å². The molecular weight excluding hydrogens is 602 g/mol. The molecule has 11 heteroatoms. The number of methoxy groups -OCH3 is 1. The number of fused-ring (bicyclic) bond motifs is 2. The van der Waals surface area contributed by atoms with Gasteiger partial charge in [0, 0.05) is 18.7 Å². The number of esters is 1. The molecule has 0 saturated carbocycles. The van der Waals surface area contributed by atoms with E-state index in [1.807, 2.05) is 50.3 Å². The van der Waals surface area contributed by atoms with E-state index in [1.54, 1.807) is 54.5 Å². The number of anilines is 1. The summed E-state index contributed by atoms with van der Waals surface area (Å²) in [6, 6.07) is 13.7. The zero-order valence-electron chi connectivity index (χ0n) is 26.8. The van der Waals surface area contributed by atoms with E-state index in [0.29, 0.717) is 17.9 Å². The van der Waals surface area contributed by atoms with Crippen molar-refractivity contribution in [2.45, 2.75) is 56.5 Å². The number of hydrogen-bond acceptors (Lipinski definition) is 8. The molecule has 2 aromatic carbocycles. The summed E-state index contributed by atoms with van der Waals surface area (Å²) in [5.74, 6) is -3.25. The Morgan fingerprint density at radius 2 is 1.77 bits per heavy atom. The number of carbonyl (C=O) groups excluding carboxylic acids is 4. The molecule has 4 aliphatic rings. The fraction of sp³-hybridized carbons (Fsp3) is 0.444. The Hall–Kier alpha value is -4.48. The first-order valence-electron chi connectivity index (χ1n) is 16.1. The summed E-state index contributed by atoms with van der Waals surface area (Å²) < 4.78 is 17.5. The lowest BCUT2D eigenvalue weighted by molar-refractivity contribution is -0.147. The van der Waals surface area contributed by atoms with Crippen molar-refractivity contribution in [1.82, 2.24) is 10.2 Å². The predicted molar refractivity (Wildman–Crippen MR) is 172 cm³/mol. The largest absolute Gasteiger partial charge is 0.497 e. The van der Waals surface area contributed by atoms with Crippen LogP contribution in [0.5, 0.6) is 5.75 Å². The van der Waals surface area contributed by atoms with E-state index in [9.17, 15) is 24.3 Å². The van der Waals surface area contributed by atoms with Gasteiger partial charge in [-0.25, -0.2) is 0 Å². The van der Waals surface area contributed by atoms with Crippen LogP contribution in [0.15, 0.2) is 78.9 Å². The molecule has 2 N–H and O–H groups in total. The van der Waals surface area contributed by atoms with Gasteiger partial charge in [-0.2, -0.15) is 0 Å². The Kier molecular flexibility index (Phi) is 9.20. The maximum absolute atomic E-state index is 14.9. The summed E-state index contributed by atoms with van der Waals surface area (Å²) in [5.41, 5.74) is -0.129. The number of nitrogens with zero attached hydrogens (tertiary/aromatic N) is 2. The van der Waals surface area contributed by atoms with Gasteiger partial charge in [0.25, 0.3) is 5.91 Å². The summed E-state index contributed by atoms with van der Waals surface area (Å²) in [5, 5.41) is 13.6. The number of benzene rings is 2. The van der Waals surface area contributed by atoms with Crippen LogP contribution in [0.4, 0.5) is 5.69 Å². The second-order valence-corrected chi connectivity index (χ2v) is 12.8. The van der Waals surface area contributed by atoms with Crippen LogP contribution in [0.1, 0.15) is 38.3 Å². The van der Waals surface area contributed by atoms with Gasteiger partial charge in [0.2, 0.25) is 11.8 Å². The summed E-state index contributed by atoms with van der Waals surface area (Å²) in [6.07, 6.45) is 6.88. The molecule has 11 nitrogen and oxygen atoms in total. The number of nitrogens with one attached hydrogen (secondary N) is 1. The summed E-state index contributed by atoms with van der Waals surface area (Å²) in [7, 11) is 1.56. The van der Waals surface area contributed by atoms with E-state index in [1.165, 1.54) is 4.90 Å². The van der Waals surface area contributed by atoms with E-state index in [-0.39, 0.29) is 32.1 Å². The highest BCUT2D eigenvalue weighted by atomic mass is 16.5. The van der Waals surface area contributed by atoms with Gasteiger partial charge >= 0.3 is 5.97 Å². The monoisotopic (exact) mass is 643 g/mol. The molecule has 2 saturated heterocycles. The fourth-order valence-corrected chi connectivity index (χ4v) is 7.32. The summed E-state index contributed by atoms with van der Waals surface area (Å²) in [4.78, 5) is 59.5. The number of hydrogen-bond donors (Lipinski definition) is 2. The second-order valence-electron chi connectivity index (χ2n) is 12.8. The number of amides is 3. The molecule has 3 amide bonds. The van der Waals surface area contributed by atoms with Crippen LogP contribution in [0, 0.1) is 17.8 Å². The van der Waals surface area contributed by atoms with Crippen LogP contribution in [0.3, 0.4) is 0 Å². The number of likely N-dealkylation sites (tertiary alicyclic amines) is 1. The van der Waals surface area contributed by atoms with E-state index in [0.717, 1.165) is 5.56 Å². The molecule has 248 valence electrons. The van der Waals surface area contributed by atoms with Gasteiger partial charge in [-0.05, 0) is 42.2 Å². The van der Waals surface area contributed by atoms with Crippen molar-refractivity contribution in [1.29, 1.82) is 0 Å². The Labute approximate surface area is 274 Å². The molecular formula is C36H41N3O8. The Balaban J connectivity index is 1.46. The quantitative estimate of drug-likeness (QED) is 0.363. The Morgan fingerprint density at radius 1 is 1.02 bits per heavy atom. The topological polar surface area (TPSA) is 135 Å². The Morgan fingerprint density at radius 3 is 2.45 bits per heavy atom. The van der Waals surface area contributed by atoms with Crippen LogP contribution in [-0.4, -0.2) is 84.4 Å². The molecule has 1 spiro atoms. The van der Waals surface area contributed by atoms with Crippen molar-refractivity contribution in [2.24, 2.45) is 17.8 Å². The highest BCUT2D eigenvalue weighted by molar-refractivity contribution is 6.05. The molecule has 0 unspecified atom stereocenters. The molecule has 47 heavy (non-hydrogen) atoms. The molecule has 0 radical (unpaired) electrons. The standard InChI is InChI=1S/C36H41N3O8/c1-22(2)27(20-40)39-32-35(44)38(24-13-15-25(45-3)16-14-24)19-9-5-8-12-29(41)46-21-26(23-10-6-4-7-11-23)37-33(42)30-28-17-18-36(32,47-28)31(30)34(39)43/h4-7,9-11,13-18,22,26-28,30-32,40H,8,12,19-21H2,1-3H3,(H,37,42)/b9-5-/t26-,27-,28-,30+,31+,32-,36+/m0/s1. The van der Waals surface area contributed by atoms with Crippen LogP contribution in [-0.2, 0) is 28.7 Å². The van der Waals surface area contributed by atoms with Gasteiger partial charge in [0.1, 0.15) is 24.0 Å². The molecule has 2 aromatic rings. The minimum Gasteiger partial charge on any atom is -0.497 e. The summed E-state index contributed by atoms with van der Waals surface area (Å²) >= 11 is 0. The van der Waals surface area contributed by atoms with E-state index in [2.05, 4.69) is 5.32 Å². The second kappa shape index (κ2) is 13.3. The minimum absolute atomic E-state index is 0.0887. The molecule has 0 aliphatic carbocycles. The van der Waals surface area contributed by atoms with Crippen molar-refractivity contribution >= 4 is 29.4 Å². The SMILES string of the molecule is COc1ccc(N2C/C=C\CCC(=O)OC[C@@H](c3ccccc3)NC(=O)[C@@H]3[C@@H]4C=C[C@]5(O4)[C@H](C2=O)N([C@@H](CO)C(C)C)C(=O)[C@@H]35)cc1. The zero-order valence-corrected chi connectivity index (χ0v) is 26.8. The number of carbonyl (C=O) groups is 4. The zero-order chi connectivity index (χ0) is 33.3. The first kappa shape index (κ1) is 32.5. The number of ether oxygens (including phenoxy) is 3. The van der Waals surface area contributed by atoms with Crippen molar-refractivity contribution in [3.63, 3.8) is 0 Å². The molecule has 6 rings (SSSR count). The van der Waals surface area contributed by atoms with Crippen LogP contribution >= 0.6 is 0 Å². The number of cyclic esters (lactones) is 1. The van der Waals surface area contributed by atoms with Crippen molar-refractivity contribution in [3.8, 4) is 5.75 Å².